The molecule has 2 aromatic rings. The average Bonchev–Trinajstić information content (AvgIpc) is 2.43. The molecule has 1 aromatic carbocycles. The van der Waals surface area contributed by atoms with Gasteiger partial charge in [-0.3, -0.25) is 0 Å². The van der Waals surface area contributed by atoms with Crippen LogP contribution in [0.15, 0.2) is 36.5 Å². The molecule has 0 spiro atoms. The SMILES string of the molecule is CCCc1ccccc1Nc1nccc(C(=O)O)c1N. The predicted molar refractivity (Wildman–Crippen MR) is 79.3 cm³/mol. The van der Waals surface area contributed by atoms with E-state index in [1.807, 2.05) is 24.3 Å². The lowest BCUT2D eigenvalue weighted by molar-refractivity contribution is 0.0698. The van der Waals surface area contributed by atoms with Gasteiger partial charge in [-0.2, -0.15) is 0 Å². The van der Waals surface area contributed by atoms with Crippen LogP contribution in [0.3, 0.4) is 0 Å². The lowest BCUT2D eigenvalue weighted by atomic mass is 10.1. The third-order valence-corrected chi connectivity index (χ3v) is 3.01. The van der Waals surface area contributed by atoms with Crippen LogP contribution in [0.4, 0.5) is 17.2 Å². The molecule has 0 aliphatic carbocycles. The Hall–Kier alpha value is -2.56. The van der Waals surface area contributed by atoms with E-state index in [2.05, 4.69) is 17.2 Å². The Balaban J connectivity index is 2.35. The number of hydrogen-bond acceptors (Lipinski definition) is 4. The summed E-state index contributed by atoms with van der Waals surface area (Å²) >= 11 is 0. The molecule has 0 bridgehead atoms. The van der Waals surface area contributed by atoms with Crippen LogP contribution in [0.5, 0.6) is 0 Å². The molecule has 0 saturated heterocycles. The number of aromatic nitrogens is 1. The summed E-state index contributed by atoms with van der Waals surface area (Å²) < 4.78 is 0. The minimum atomic E-state index is -1.06. The molecule has 4 N–H and O–H groups in total. The summed E-state index contributed by atoms with van der Waals surface area (Å²) in [5.74, 6) is -0.691. The lowest BCUT2D eigenvalue weighted by Crippen LogP contribution is -2.07. The molecule has 0 fully saturated rings. The first kappa shape index (κ1) is 13.9. The highest BCUT2D eigenvalue weighted by molar-refractivity contribution is 5.96. The Morgan fingerprint density at radius 1 is 1.35 bits per heavy atom. The standard InChI is InChI=1S/C15H17N3O2/c1-2-5-10-6-3-4-7-12(10)18-14-13(16)11(15(19)20)8-9-17-14/h3-4,6-9H,2,5,16H2,1H3,(H,17,18)(H,19,20). The molecule has 0 unspecified atom stereocenters. The Bertz CT molecular complexity index is 626. The zero-order chi connectivity index (χ0) is 14.5. The van der Waals surface area contributed by atoms with Gasteiger partial charge in [-0.05, 0) is 24.1 Å². The topological polar surface area (TPSA) is 88.2 Å². The van der Waals surface area contributed by atoms with Gasteiger partial charge in [-0.1, -0.05) is 31.5 Å². The summed E-state index contributed by atoms with van der Waals surface area (Å²) in [5.41, 5.74) is 8.10. The number of carboxylic acid groups (broad SMARTS) is 1. The van der Waals surface area contributed by atoms with Gasteiger partial charge in [-0.25, -0.2) is 9.78 Å². The molecule has 0 aliphatic heterocycles. The molecular formula is C15H17N3O2. The summed E-state index contributed by atoms with van der Waals surface area (Å²) in [7, 11) is 0. The molecule has 5 heteroatoms. The predicted octanol–water partition coefficient (Wildman–Crippen LogP) is 3.06. The molecule has 1 aromatic heterocycles. The monoisotopic (exact) mass is 271 g/mol. The van der Waals surface area contributed by atoms with E-state index in [1.165, 1.54) is 12.3 Å². The van der Waals surface area contributed by atoms with E-state index < -0.39 is 5.97 Å². The maximum Gasteiger partial charge on any atom is 0.337 e. The number of rotatable bonds is 5. The van der Waals surface area contributed by atoms with Crippen LogP contribution >= 0.6 is 0 Å². The van der Waals surface area contributed by atoms with E-state index in [9.17, 15) is 4.79 Å². The molecule has 0 atom stereocenters. The van der Waals surface area contributed by atoms with Gasteiger partial charge < -0.3 is 16.2 Å². The highest BCUT2D eigenvalue weighted by atomic mass is 16.4. The van der Waals surface area contributed by atoms with Crippen LogP contribution in [-0.2, 0) is 6.42 Å². The summed E-state index contributed by atoms with van der Waals surface area (Å²) in [6, 6.07) is 9.24. The van der Waals surface area contributed by atoms with E-state index in [0.29, 0.717) is 5.82 Å². The first-order valence-electron chi connectivity index (χ1n) is 6.46. The average molecular weight is 271 g/mol. The molecule has 0 saturated carbocycles. The number of nitrogens with one attached hydrogen (secondary N) is 1. The van der Waals surface area contributed by atoms with E-state index in [-0.39, 0.29) is 11.3 Å². The number of pyridine rings is 1. The smallest absolute Gasteiger partial charge is 0.337 e. The normalized spacial score (nSPS) is 10.2. The van der Waals surface area contributed by atoms with Crippen molar-refractivity contribution in [3.05, 3.63) is 47.7 Å². The number of aromatic carboxylic acids is 1. The molecule has 2 rings (SSSR count). The van der Waals surface area contributed by atoms with Gasteiger partial charge in [0.1, 0.15) is 0 Å². The molecule has 104 valence electrons. The molecule has 20 heavy (non-hydrogen) atoms. The fourth-order valence-corrected chi connectivity index (χ4v) is 2.02. The Kier molecular flexibility index (Phi) is 4.20. The third-order valence-electron chi connectivity index (χ3n) is 3.01. The van der Waals surface area contributed by atoms with Crippen molar-refractivity contribution in [1.82, 2.24) is 4.98 Å². The van der Waals surface area contributed by atoms with Crippen LogP contribution in [0.1, 0.15) is 29.3 Å². The molecule has 0 aliphatic rings. The van der Waals surface area contributed by atoms with Crippen molar-refractivity contribution >= 4 is 23.2 Å². The van der Waals surface area contributed by atoms with E-state index in [4.69, 9.17) is 10.8 Å². The Morgan fingerprint density at radius 3 is 2.80 bits per heavy atom. The number of nitrogens with zero attached hydrogens (tertiary/aromatic N) is 1. The molecule has 1 heterocycles. The van der Waals surface area contributed by atoms with E-state index in [0.717, 1.165) is 24.1 Å². The third kappa shape index (κ3) is 2.88. The van der Waals surface area contributed by atoms with Gasteiger partial charge in [0.2, 0.25) is 0 Å². The summed E-state index contributed by atoms with van der Waals surface area (Å²) in [4.78, 5) is 15.2. The van der Waals surface area contributed by atoms with Gasteiger partial charge in [0, 0.05) is 11.9 Å². The number of anilines is 3. The van der Waals surface area contributed by atoms with Crippen molar-refractivity contribution in [1.29, 1.82) is 0 Å². The number of aryl methyl sites for hydroxylation is 1. The highest BCUT2D eigenvalue weighted by Gasteiger charge is 2.13. The second-order valence-electron chi connectivity index (χ2n) is 4.46. The highest BCUT2D eigenvalue weighted by Crippen LogP contribution is 2.26. The van der Waals surface area contributed by atoms with Gasteiger partial charge >= 0.3 is 5.97 Å². The van der Waals surface area contributed by atoms with Crippen LogP contribution in [0.25, 0.3) is 0 Å². The fourth-order valence-electron chi connectivity index (χ4n) is 2.02. The summed E-state index contributed by atoms with van der Waals surface area (Å²) in [6.45, 7) is 2.11. The maximum atomic E-state index is 11.1. The molecule has 0 radical (unpaired) electrons. The Labute approximate surface area is 117 Å². The number of carbonyl (C=O) groups is 1. The summed E-state index contributed by atoms with van der Waals surface area (Å²) in [6.07, 6.45) is 3.39. The number of nitrogen functional groups attached to an aromatic ring is 1. The van der Waals surface area contributed by atoms with Crippen molar-refractivity contribution in [2.75, 3.05) is 11.1 Å². The van der Waals surface area contributed by atoms with Crippen molar-refractivity contribution < 1.29 is 9.90 Å². The molecular weight excluding hydrogens is 254 g/mol. The molecule has 0 amide bonds. The molecule has 5 nitrogen and oxygen atoms in total. The Morgan fingerprint density at radius 2 is 2.10 bits per heavy atom. The zero-order valence-electron chi connectivity index (χ0n) is 11.3. The number of benzene rings is 1. The minimum Gasteiger partial charge on any atom is -0.478 e. The van der Waals surface area contributed by atoms with Gasteiger partial charge in [0.05, 0.1) is 11.3 Å². The van der Waals surface area contributed by atoms with E-state index in [1.54, 1.807) is 0 Å². The number of carboxylic acids is 1. The van der Waals surface area contributed by atoms with Crippen LogP contribution in [0, 0.1) is 0 Å². The number of para-hydroxylation sites is 1. The van der Waals surface area contributed by atoms with Crippen LogP contribution in [-0.4, -0.2) is 16.1 Å². The van der Waals surface area contributed by atoms with E-state index >= 15 is 0 Å². The first-order chi connectivity index (χ1) is 9.63. The van der Waals surface area contributed by atoms with Crippen LogP contribution < -0.4 is 11.1 Å². The van der Waals surface area contributed by atoms with Gasteiger partial charge in [0.25, 0.3) is 0 Å². The van der Waals surface area contributed by atoms with Crippen molar-refractivity contribution in [2.45, 2.75) is 19.8 Å². The number of nitrogens with two attached hydrogens (primary N) is 1. The van der Waals surface area contributed by atoms with Crippen molar-refractivity contribution in [2.24, 2.45) is 0 Å². The fraction of sp³-hybridized carbons (Fsp3) is 0.200. The second-order valence-corrected chi connectivity index (χ2v) is 4.46. The first-order valence-corrected chi connectivity index (χ1v) is 6.46. The number of hydrogen-bond donors (Lipinski definition) is 3. The van der Waals surface area contributed by atoms with Crippen LogP contribution in [0.2, 0.25) is 0 Å². The van der Waals surface area contributed by atoms with Crippen molar-refractivity contribution in [3.8, 4) is 0 Å². The summed E-state index contributed by atoms with van der Waals surface area (Å²) in [5, 5.41) is 12.2. The maximum absolute atomic E-state index is 11.1. The zero-order valence-corrected chi connectivity index (χ0v) is 11.3. The minimum absolute atomic E-state index is 0.0514. The van der Waals surface area contributed by atoms with Gasteiger partial charge in [-0.15, -0.1) is 0 Å². The lowest BCUT2D eigenvalue weighted by Gasteiger charge is -2.13. The van der Waals surface area contributed by atoms with Crippen molar-refractivity contribution in [3.63, 3.8) is 0 Å². The quantitative estimate of drug-likeness (QED) is 0.777. The largest absolute Gasteiger partial charge is 0.478 e. The second kappa shape index (κ2) is 6.06. The van der Waals surface area contributed by atoms with Gasteiger partial charge in [0.15, 0.2) is 5.82 Å².